The summed E-state index contributed by atoms with van der Waals surface area (Å²) in [5.41, 5.74) is 0.686. The van der Waals surface area contributed by atoms with E-state index >= 15 is 0 Å². The monoisotopic (exact) mass is 275 g/mol. The Morgan fingerprint density at radius 1 is 1.07 bits per heavy atom. The van der Waals surface area contributed by atoms with Crippen molar-refractivity contribution < 1.29 is 0 Å². The molecule has 1 rings (SSSR count). The second-order valence-electron chi connectivity index (χ2n) is 4.94. The molecule has 15 heavy (non-hydrogen) atoms. The van der Waals surface area contributed by atoms with Crippen LogP contribution in [0.15, 0.2) is 0 Å². The summed E-state index contributed by atoms with van der Waals surface area (Å²) in [6.07, 6.45) is 8.28. The van der Waals surface area contributed by atoms with E-state index in [9.17, 15) is 0 Å². The van der Waals surface area contributed by atoms with Gasteiger partial charge in [0.1, 0.15) is 0 Å². The minimum absolute atomic E-state index is 0.686. The smallest absolute Gasteiger partial charge is 0.00317 e. The lowest BCUT2D eigenvalue weighted by Gasteiger charge is -2.41. The third-order valence-electron chi connectivity index (χ3n) is 4.27. The average Bonchev–Trinajstić information content (AvgIpc) is 2.31. The van der Waals surface area contributed by atoms with Gasteiger partial charge in [-0.1, -0.05) is 42.6 Å². The molecule has 0 amide bonds. The first-order valence-electron chi connectivity index (χ1n) is 6.54. The molecule has 1 heterocycles. The topological polar surface area (TPSA) is 3.24 Å². The molecule has 2 heteroatoms. The van der Waals surface area contributed by atoms with E-state index < -0.39 is 0 Å². The van der Waals surface area contributed by atoms with E-state index in [1.807, 2.05) is 0 Å². The quantitative estimate of drug-likeness (QED) is 0.522. The van der Waals surface area contributed by atoms with E-state index in [0.29, 0.717) is 5.41 Å². The highest BCUT2D eigenvalue weighted by molar-refractivity contribution is 9.09. The Hall–Kier alpha value is 0.440. The fraction of sp³-hybridized carbons (Fsp3) is 1.00. The molecule has 0 radical (unpaired) electrons. The van der Waals surface area contributed by atoms with Crippen LogP contribution in [0.3, 0.4) is 0 Å². The standard InChI is InChI=1S/C13H26BrN/c1-3-13(4-2)7-11-15(12-8-13)10-6-5-9-14/h3-12H2,1-2H3. The highest BCUT2D eigenvalue weighted by Crippen LogP contribution is 2.37. The molecule has 0 aromatic heterocycles. The maximum atomic E-state index is 3.50. The van der Waals surface area contributed by atoms with Crippen molar-refractivity contribution in [1.82, 2.24) is 4.90 Å². The Balaban J connectivity index is 2.22. The Morgan fingerprint density at radius 3 is 2.13 bits per heavy atom. The van der Waals surface area contributed by atoms with Gasteiger partial charge in [-0.2, -0.15) is 0 Å². The second kappa shape index (κ2) is 6.90. The van der Waals surface area contributed by atoms with Gasteiger partial charge in [0.15, 0.2) is 0 Å². The fourth-order valence-corrected chi connectivity index (χ4v) is 3.03. The molecular formula is C13H26BrN. The van der Waals surface area contributed by atoms with E-state index in [1.165, 1.54) is 58.2 Å². The van der Waals surface area contributed by atoms with Crippen molar-refractivity contribution in [3.05, 3.63) is 0 Å². The van der Waals surface area contributed by atoms with Gasteiger partial charge < -0.3 is 4.90 Å². The molecule has 0 atom stereocenters. The predicted molar refractivity (Wildman–Crippen MR) is 71.7 cm³/mol. The number of unbranched alkanes of at least 4 members (excludes halogenated alkanes) is 1. The van der Waals surface area contributed by atoms with E-state index in [2.05, 4.69) is 34.7 Å². The normalized spacial score (nSPS) is 21.8. The molecule has 1 nitrogen and oxygen atoms in total. The molecule has 0 N–H and O–H groups in total. The van der Waals surface area contributed by atoms with Crippen LogP contribution in [0.1, 0.15) is 52.4 Å². The average molecular weight is 276 g/mol. The maximum absolute atomic E-state index is 3.50. The molecule has 0 unspecified atom stereocenters. The van der Waals surface area contributed by atoms with Crippen molar-refractivity contribution in [1.29, 1.82) is 0 Å². The molecule has 90 valence electrons. The lowest BCUT2D eigenvalue weighted by atomic mass is 9.74. The van der Waals surface area contributed by atoms with Gasteiger partial charge in [-0.3, -0.25) is 0 Å². The largest absolute Gasteiger partial charge is 0.303 e. The predicted octanol–water partition coefficient (Wildman–Crippen LogP) is 4.06. The molecule has 1 aliphatic heterocycles. The first-order chi connectivity index (χ1) is 7.26. The highest BCUT2D eigenvalue weighted by Gasteiger charge is 2.30. The van der Waals surface area contributed by atoms with Gasteiger partial charge in [0.05, 0.1) is 0 Å². The van der Waals surface area contributed by atoms with E-state index in [-0.39, 0.29) is 0 Å². The summed E-state index contributed by atoms with van der Waals surface area (Å²) in [7, 11) is 0. The molecule has 0 aromatic rings. The van der Waals surface area contributed by atoms with Crippen LogP contribution in [0, 0.1) is 5.41 Å². The van der Waals surface area contributed by atoms with Gasteiger partial charge in [0, 0.05) is 5.33 Å². The van der Waals surface area contributed by atoms with Crippen molar-refractivity contribution in [2.24, 2.45) is 5.41 Å². The minimum Gasteiger partial charge on any atom is -0.303 e. The van der Waals surface area contributed by atoms with Crippen molar-refractivity contribution in [2.75, 3.05) is 25.0 Å². The zero-order valence-corrected chi connectivity index (χ0v) is 12.0. The summed E-state index contributed by atoms with van der Waals surface area (Å²) in [5, 5.41) is 1.16. The zero-order chi connectivity index (χ0) is 11.1. The Kier molecular flexibility index (Phi) is 6.21. The first-order valence-corrected chi connectivity index (χ1v) is 7.67. The van der Waals surface area contributed by atoms with Gasteiger partial charge in [-0.15, -0.1) is 0 Å². The van der Waals surface area contributed by atoms with Crippen LogP contribution in [0.25, 0.3) is 0 Å². The summed E-state index contributed by atoms with van der Waals surface area (Å²) in [4.78, 5) is 2.66. The van der Waals surface area contributed by atoms with Crippen molar-refractivity contribution >= 4 is 15.9 Å². The summed E-state index contributed by atoms with van der Waals surface area (Å²) in [6, 6.07) is 0. The number of likely N-dealkylation sites (tertiary alicyclic amines) is 1. The fourth-order valence-electron chi connectivity index (χ4n) is 2.64. The van der Waals surface area contributed by atoms with Crippen LogP contribution in [-0.2, 0) is 0 Å². The van der Waals surface area contributed by atoms with Crippen LogP contribution >= 0.6 is 15.9 Å². The minimum atomic E-state index is 0.686. The van der Waals surface area contributed by atoms with Crippen LogP contribution in [0.4, 0.5) is 0 Å². The number of piperidine rings is 1. The van der Waals surface area contributed by atoms with Crippen LogP contribution in [0.5, 0.6) is 0 Å². The van der Waals surface area contributed by atoms with Crippen LogP contribution in [0.2, 0.25) is 0 Å². The van der Waals surface area contributed by atoms with Crippen LogP contribution < -0.4 is 0 Å². The number of hydrogen-bond donors (Lipinski definition) is 0. The van der Waals surface area contributed by atoms with Gasteiger partial charge in [-0.25, -0.2) is 0 Å². The molecule has 0 bridgehead atoms. The Labute approximate surface area is 104 Å². The van der Waals surface area contributed by atoms with E-state index in [1.54, 1.807) is 0 Å². The molecular weight excluding hydrogens is 250 g/mol. The molecule has 1 fully saturated rings. The first kappa shape index (κ1) is 13.5. The van der Waals surface area contributed by atoms with Crippen LogP contribution in [-0.4, -0.2) is 29.9 Å². The third kappa shape index (κ3) is 4.07. The van der Waals surface area contributed by atoms with Gasteiger partial charge in [-0.05, 0) is 50.7 Å². The number of nitrogens with zero attached hydrogens (tertiary/aromatic N) is 1. The SMILES string of the molecule is CCC1(CC)CCN(CCCCBr)CC1. The summed E-state index contributed by atoms with van der Waals surface area (Å²) >= 11 is 3.50. The third-order valence-corrected chi connectivity index (χ3v) is 4.84. The van der Waals surface area contributed by atoms with Gasteiger partial charge >= 0.3 is 0 Å². The number of hydrogen-bond acceptors (Lipinski definition) is 1. The molecule has 1 saturated heterocycles. The summed E-state index contributed by atoms with van der Waals surface area (Å²) in [5.74, 6) is 0. The van der Waals surface area contributed by atoms with Crippen molar-refractivity contribution in [2.45, 2.75) is 52.4 Å². The molecule has 0 aliphatic carbocycles. The maximum Gasteiger partial charge on any atom is 0.00317 e. The lowest BCUT2D eigenvalue weighted by molar-refractivity contribution is 0.0947. The second-order valence-corrected chi connectivity index (χ2v) is 5.74. The van der Waals surface area contributed by atoms with Crippen molar-refractivity contribution in [3.63, 3.8) is 0 Å². The number of halogens is 1. The number of alkyl halides is 1. The molecule has 1 aliphatic rings. The van der Waals surface area contributed by atoms with Crippen molar-refractivity contribution in [3.8, 4) is 0 Å². The Bertz CT molecular complexity index is 156. The lowest BCUT2D eigenvalue weighted by Crippen LogP contribution is -2.40. The van der Waals surface area contributed by atoms with Gasteiger partial charge in [0.2, 0.25) is 0 Å². The summed E-state index contributed by atoms with van der Waals surface area (Å²) in [6.45, 7) is 8.72. The molecule has 0 saturated carbocycles. The van der Waals surface area contributed by atoms with Gasteiger partial charge in [0.25, 0.3) is 0 Å². The molecule has 0 aromatic carbocycles. The highest BCUT2D eigenvalue weighted by atomic mass is 79.9. The number of rotatable bonds is 6. The Morgan fingerprint density at radius 2 is 1.67 bits per heavy atom. The van der Waals surface area contributed by atoms with E-state index in [4.69, 9.17) is 0 Å². The van der Waals surface area contributed by atoms with E-state index in [0.717, 1.165) is 5.33 Å². The molecule has 0 spiro atoms. The summed E-state index contributed by atoms with van der Waals surface area (Å²) < 4.78 is 0. The zero-order valence-electron chi connectivity index (χ0n) is 10.4.